The lowest BCUT2D eigenvalue weighted by Gasteiger charge is -2.32. The molecule has 1 aromatic carbocycles. The predicted molar refractivity (Wildman–Crippen MR) is 244 cm³/mol. The summed E-state index contributed by atoms with van der Waals surface area (Å²) in [6, 6.07) is 0.368. The maximum absolute atomic E-state index is 15.5. The largest absolute Gasteiger partial charge is 0.458 e. The average Bonchev–Trinajstić information content (AvgIpc) is 3.68. The van der Waals surface area contributed by atoms with E-state index in [1.165, 1.54) is 10.6 Å². The molecule has 18 nitrogen and oxygen atoms in total. The number of unbranched alkanes of at least 4 members (excludes halogenated alkanes) is 1. The molecule has 0 fully saturated rings. The van der Waals surface area contributed by atoms with Gasteiger partial charge >= 0.3 is 5.97 Å². The second-order valence-electron chi connectivity index (χ2n) is 17.4. The van der Waals surface area contributed by atoms with Crippen LogP contribution >= 0.6 is 0 Å². The molecule has 3 aliphatic rings. The fourth-order valence-corrected chi connectivity index (χ4v) is 8.96. The lowest BCUT2D eigenvalue weighted by atomic mass is 9.81. The Morgan fingerprint density at radius 3 is 2.21 bits per heavy atom. The molecule has 0 spiro atoms. The summed E-state index contributed by atoms with van der Waals surface area (Å²) in [6.45, 7) is 13.2. The minimum Gasteiger partial charge on any atom is -0.458 e. The van der Waals surface area contributed by atoms with Crippen LogP contribution in [0.5, 0.6) is 0 Å². The molecule has 1 aliphatic carbocycles. The summed E-state index contributed by atoms with van der Waals surface area (Å²) in [5.41, 5.74) is 7.27. The van der Waals surface area contributed by atoms with Gasteiger partial charge in [-0.25, -0.2) is 14.2 Å². The molecule has 3 aromatic rings. The lowest BCUT2D eigenvalue weighted by Crippen LogP contribution is -2.55. The van der Waals surface area contributed by atoms with Crippen LogP contribution in [0.15, 0.2) is 16.9 Å². The Hall–Kier alpha value is -4.89. The van der Waals surface area contributed by atoms with Crippen LogP contribution in [0.25, 0.3) is 22.3 Å². The van der Waals surface area contributed by atoms with Crippen molar-refractivity contribution in [3.63, 3.8) is 0 Å². The number of rotatable bonds is 27. The SMILES string of the molecule is CCOCCOCCOCCOCCOCCC(=O)N[C@H](C(=O)N[C@@H](CCCCN)C(=O)N[C@H]1CCc2c(C)c(F)cc3nc4c(c1c23)Cn1c-4cc2c(c1=O)COC(=O)[C@]2(O)CC)C(C)C. The highest BCUT2D eigenvalue weighted by atomic mass is 19.1. The molecule has 4 heterocycles. The van der Waals surface area contributed by atoms with Gasteiger partial charge in [0.2, 0.25) is 17.7 Å². The number of carbonyl (C=O) groups is 4. The van der Waals surface area contributed by atoms with Crippen LogP contribution < -0.4 is 27.2 Å². The first kappa shape index (κ1) is 51.5. The molecule has 67 heavy (non-hydrogen) atoms. The van der Waals surface area contributed by atoms with Crippen molar-refractivity contribution in [3.05, 3.63) is 61.7 Å². The number of nitrogens with one attached hydrogen (secondary N) is 3. The Morgan fingerprint density at radius 2 is 1.58 bits per heavy atom. The molecule has 2 aliphatic heterocycles. The third kappa shape index (κ3) is 11.9. The standard InChI is InChI=1S/C48H67FN6O12/c1-6-48(61)33-24-38-43-31(26-55(38)46(59)32(33)27-67-47(48)60)41-35(12-11-30-29(5)34(49)25-37(51-43)40(30)41)52-44(57)36(10-8-9-14-50)53-45(58)42(28(3)4)54-39(56)13-15-63-18-19-65-22-23-66-21-20-64-17-16-62-7-2/h24-25,28,35-36,42,61H,6-23,26-27,50H2,1-5H3,(H,52,57)(H,53,58)(H,54,56)/t35-,36-,42-,48-/m0/s1. The Balaban J connectivity index is 1.11. The number of cyclic esters (lactones) is 1. The maximum Gasteiger partial charge on any atom is 0.343 e. The molecule has 0 unspecified atom stereocenters. The number of ether oxygens (including phenoxy) is 6. The second-order valence-corrected chi connectivity index (χ2v) is 17.4. The van der Waals surface area contributed by atoms with Crippen LogP contribution in [0.4, 0.5) is 4.39 Å². The highest BCUT2D eigenvalue weighted by Crippen LogP contribution is 2.46. The number of pyridine rings is 2. The number of aliphatic hydroxyl groups is 1. The minimum absolute atomic E-state index is 0.00453. The number of carbonyl (C=O) groups excluding carboxylic acids is 4. The Morgan fingerprint density at radius 1 is 0.925 bits per heavy atom. The Kier molecular flexibility index (Phi) is 18.4. The van der Waals surface area contributed by atoms with E-state index in [4.69, 9.17) is 39.1 Å². The Bertz CT molecular complexity index is 2320. The summed E-state index contributed by atoms with van der Waals surface area (Å²) in [7, 11) is 0. The van der Waals surface area contributed by atoms with Crippen LogP contribution in [0.3, 0.4) is 0 Å². The van der Waals surface area contributed by atoms with E-state index in [1.807, 2.05) is 6.92 Å². The van der Waals surface area contributed by atoms with Gasteiger partial charge < -0.3 is 59.8 Å². The van der Waals surface area contributed by atoms with Gasteiger partial charge in [0.25, 0.3) is 5.56 Å². The van der Waals surface area contributed by atoms with Crippen LogP contribution in [0, 0.1) is 18.7 Å². The number of amides is 3. The number of nitrogens with zero attached hydrogens (tertiary/aromatic N) is 2. The number of aryl methyl sites for hydroxylation is 1. The number of hydrogen-bond donors (Lipinski definition) is 5. The van der Waals surface area contributed by atoms with Gasteiger partial charge in [-0.1, -0.05) is 20.8 Å². The number of benzene rings is 1. The lowest BCUT2D eigenvalue weighted by molar-refractivity contribution is -0.172. The van der Waals surface area contributed by atoms with Crippen molar-refractivity contribution in [2.24, 2.45) is 11.7 Å². The van der Waals surface area contributed by atoms with Crippen molar-refractivity contribution in [2.45, 2.75) is 116 Å². The molecular weight excluding hydrogens is 872 g/mol. The topological polar surface area (TPSA) is 241 Å². The molecule has 0 bridgehead atoms. The van der Waals surface area contributed by atoms with Gasteiger partial charge in [-0.05, 0) is 87.6 Å². The van der Waals surface area contributed by atoms with Gasteiger partial charge in [0.1, 0.15) is 24.5 Å². The minimum atomic E-state index is -2.04. The normalized spacial score (nSPS) is 18.0. The monoisotopic (exact) mass is 938 g/mol. The summed E-state index contributed by atoms with van der Waals surface area (Å²) >= 11 is 0. The highest BCUT2D eigenvalue weighted by Gasteiger charge is 2.46. The van der Waals surface area contributed by atoms with Crippen molar-refractivity contribution < 1.29 is 57.1 Å². The van der Waals surface area contributed by atoms with Gasteiger partial charge in [0.15, 0.2) is 5.60 Å². The molecule has 3 amide bonds. The zero-order valence-electron chi connectivity index (χ0n) is 39.4. The van der Waals surface area contributed by atoms with Crippen molar-refractivity contribution in [1.29, 1.82) is 0 Å². The first-order valence-electron chi connectivity index (χ1n) is 23.6. The molecule has 0 saturated heterocycles. The molecule has 0 saturated carbocycles. The quantitative estimate of drug-likeness (QED) is 0.0427. The predicted octanol–water partition coefficient (Wildman–Crippen LogP) is 2.88. The molecular formula is C48H67FN6O12. The molecule has 2 aromatic heterocycles. The van der Waals surface area contributed by atoms with E-state index in [9.17, 15) is 29.1 Å². The van der Waals surface area contributed by atoms with Crippen LogP contribution in [0.2, 0.25) is 0 Å². The van der Waals surface area contributed by atoms with Crippen LogP contribution in [0.1, 0.15) is 106 Å². The summed E-state index contributed by atoms with van der Waals surface area (Å²) in [5.74, 6) is -2.98. The van der Waals surface area contributed by atoms with Gasteiger partial charge in [-0.3, -0.25) is 19.2 Å². The van der Waals surface area contributed by atoms with E-state index in [2.05, 4.69) is 16.0 Å². The highest BCUT2D eigenvalue weighted by molar-refractivity contribution is 5.95. The molecule has 0 radical (unpaired) electrons. The fraction of sp³-hybridized carbons (Fsp3) is 0.625. The number of nitrogens with two attached hydrogens (primary N) is 1. The number of fused-ring (bicyclic) bond motifs is 5. The van der Waals surface area contributed by atoms with Gasteiger partial charge in [0.05, 0.1) is 94.5 Å². The van der Waals surface area contributed by atoms with E-state index in [1.54, 1.807) is 33.8 Å². The summed E-state index contributed by atoms with van der Waals surface area (Å²) in [6.07, 6.45) is 2.19. The maximum atomic E-state index is 15.5. The third-order valence-electron chi connectivity index (χ3n) is 12.7. The fourth-order valence-electron chi connectivity index (χ4n) is 8.96. The molecule has 6 N–H and O–H groups in total. The van der Waals surface area contributed by atoms with Gasteiger partial charge in [0, 0.05) is 35.6 Å². The van der Waals surface area contributed by atoms with Crippen molar-refractivity contribution in [1.82, 2.24) is 25.5 Å². The third-order valence-corrected chi connectivity index (χ3v) is 12.7. The number of halogens is 1. The van der Waals surface area contributed by atoms with Crippen molar-refractivity contribution in [2.75, 3.05) is 72.6 Å². The van der Waals surface area contributed by atoms with E-state index in [0.717, 1.165) is 5.56 Å². The van der Waals surface area contributed by atoms with Crippen LogP contribution in [-0.2, 0) is 72.8 Å². The zero-order chi connectivity index (χ0) is 48.3. The van der Waals surface area contributed by atoms with Crippen molar-refractivity contribution >= 4 is 34.6 Å². The number of hydrogen-bond acceptors (Lipinski definition) is 14. The van der Waals surface area contributed by atoms with Gasteiger partial charge in [-0.2, -0.15) is 0 Å². The van der Waals surface area contributed by atoms with Crippen LogP contribution in [-0.4, -0.2) is 123 Å². The molecule has 19 heteroatoms. The summed E-state index contributed by atoms with van der Waals surface area (Å²) in [4.78, 5) is 73.3. The average molecular weight is 939 g/mol. The van der Waals surface area contributed by atoms with E-state index < -0.39 is 58.8 Å². The second kappa shape index (κ2) is 23.9. The van der Waals surface area contributed by atoms with Crippen molar-refractivity contribution in [3.8, 4) is 11.4 Å². The van der Waals surface area contributed by atoms with E-state index in [0.29, 0.717) is 124 Å². The van der Waals surface area contributed by atoms with Gasteiger partial charge in [-0.15, -0.1) is 0 Å². The number of esters is 1. The Labute approximate surface area is 390 Å². The molecule has 6 rings (SSSR count). The smallest absolute Gasteiger partial charge is 0.343 e. The first-order valence-corrected chi connectivity index (χ1v) is 23.6. The first-order chi connectivity index (χ1) is 32.2. The zero-order valence-corrected chi connectivity index (χ0v) is 39.4. The molecule has 368 valence electrons. The summed E-state index contributed by atoms with van der Waals surface area (Å²) in [5, 5.41) is 21.0. The van der Waals surface area contributed by atoms with E-state index >= 15 is 4.39 Å². The summed E-state index contributed by atoms with van der Waals surface area (Å²) < 4.78 is 49.4. The molecule has 4 atom stereocenters. The number of aromatic nitrogens is 2. The van der Waals surface area contributed by atoms with E-state index in [-0.39, 0.29) is 62.7 Å².